The SMILES string of the molecule is Cc1cccc(N2C(=O)/C(=C/c3cn(Cc4ccc(C(=O)O)o4)c4ccccc34)C(=O)NC2=S)c1. The highest BCUT2D eigenvalue weighted by Crippen LogP contribution is 2.28. The monoisotopic (exact) mass is 485 g/mol. The Hall–Kier alpha value is -4.50. The van der Waals surface area contributed by atoms with Crippen molar-refractivity contribution < 1.29 is 23.9 Å². The molecule has 0 spiro atoms. The van der Waals surface area contributed by atoms with Gasteiger partial charge in [-0.3, -0.25) is 19.8 Å². The van der Waals surface area contributed by atoms with Crippen molar-refractivity contribution in [3.63, 3.8) is 0 Å². The smallest absolute Gasteiger partial charge is 0.371 e. The van der Waals surface area contributed by atoms with Crippen LogP contribution in [0, 0.1) is 6.92 Å². The molecule has 2 aromatic heterocycles. The summed E-state index contributed by atoms with van der Waals surface area (Å²) in [5, 5.41) is 12.6. The molecule has 1 aliphatic rings. The summed E-state index contributed by atoms with van der Waals surface area (Å²) in [6.07, 6.45) is 3.34. The van der Waals surface area contributed by atoms with Crippen LogP contribution < -0.4 is 10.2 Å². The molecule has 35 heavy (non-hydrogen) atoms. The molecule has 1 fully saturated rings. The fraction of sp³-hybridized carbons (Fsp3) is 0.0769. The van der Waals surface area contributed by atoms with Gasteiger partial charge in [0.1, 0.15) is 11.3 Å². The Morgan fingerprint density at radius 1 is 1.11 bits per heavy atom. The van der Waals surface area contributed by atoms with Crippen LogP contribution in [0.3, 0.4) is 0 Å². The van der Waals surface area contributed by atoms with Crippen molar-refractivity contribution in [2.75, 3.05) is 4.90 Å². The number of thiocarbonyl (C=S) groups is 1. The number of aromatic nitrogens is 1. The summed E-state index contributed by atoms with van der Waals surface area (Å²) in [4.78, 5) is 38.6. The fourth-order valence-corrected chi connectivity index (χ4v) is 4.36. The van der Waals surface area contributed by atoms with Gasteiger partial charge in [-0.1, -0.05) is 30.3 Å². The molecule has 2 N–H and O–H groups in total. The van der Waals surface area contributed by atoms with Crippen LogP contribution >= 0.6 is 12.2 Å². The number of carbonyl (C=O) groups excluding carboxylic acids is 2. The number of carbonyl (C=O) groups is 3. The van der Waals surface area contributed by atoms with Crippen molar-refractivity contribution in [1.29, 1.82) is 0 Å². The molecule has 8 nitrogen and oxygen atoms in total. The Kier molecular flexibility index (Phi) is 5.54. The highest BCUT2D eigenvalue weighted by Gasteiger charge is 2.34. The molecule has 4 aromatic rings. The van der Waals surface area contributed by atoms with Gasteiger partial charge in [0.25, 0.3) is 11.8 Å². The van der Waals surface area contributed by atoms with E-state index in [0.29, 0.717) is 17.0 Å². The molecule has 0 aliphatic carbocycles. The van der Waals surface area contributed by atoms with Gasteiger partial charge < -0.3 is 14.1 Å². The van der Waals surface area contributed by atoms with E-state index in [4.69, 9.17) is 21.7 Å². The largest absolute Gasteiger partial charge is 0.475 e. The zero-order chi connectivity index (χ0) is 24.7. The summed E-state index contributed by atoms with van der Waals surface area (Å²) in [5.41, 5.74) is 2.96. The Labute approximate surface area is 205 Å². The molecule has 1 saturated heterocycles. The molecule has 0 bridgehead atoms. The van der Waals surface area contributed by atoms with E-state index in [-0.39, 0.29) is 23.0 Å². The third-order valence-electron chi connectivity index (χ3n) is 5.68. The number of aromatic carboxylic acids is 1. The minimum atomic E-state index is -1.14. The number of carboxylic acid groups (broad SMARTS) is 1. The molecule has 2 amide bonds. The zero-order valence-electron chi connectivity index (χ0n) is 18.5. The van der Waals surface area contributed by atoms with E-state index in [1.54, 1.807) is 24.4 Å². The number of hydrogen-bond acceptors (Lipinski definition) is 5. The third kappa shape index (κ3) is 4.13. The Morgan fingerprint density at radius 2 is 1.91 bits per heavy atom. The average molecular weight is 486 g/mol. The summed E-state index contributed by atoms with van der Waals surface area (Å²) < 4.78 is 7.28. The first-order chi connectivity index (χ1) is 16.8. The van der Waals surface area contributed by atoms with Crippen molar-refractivity contribution in [3.8, 4) is 0 Å². The quantitative estimate of drug-likeness (QED) is 0.250. The van der Waals surface area contributed by atoms with Crippen LogP contribution in [0.1, 0.15) is 27.4 Å². The molecular weight excluding hydrogens is 466 g/mol. The van der Waals surface area contributed by atoms with E-state index in [0.717, 1.165) is 16.5 Å². The first-order valence-corrected chi connectivity index (χ1v) is 11.1. The van der Waals surface area contributed by atoms with E-state index in [9.17, 15) is 14.4 Å². The number of anilines is 1. The van der Waals surface area contributed by atoms with Crippen LogP contribution in [0.2, 0.25) is 0 Å². The molecule has 3 heterocycles. The lowest BCUT2D eigenvalue weighted by atomic mass is 10.1. The normalized spacial score (nSPS) is 15.2. The van der Waals surface area contributed by atoms with Crippen molar-refractivity contribution in [2.45, 2.75) is 13.5 Å². The van der Waals surface area contributed by atoms with E-state index in [1.165, 1.54) is 11.0 Å². The van der Waals surface area contributed by atoms with Gasteiger partial charge in [0.15, 0.2) is 5.11 Å². The van der Waals surface area contributed by atoms with Crippen molar-refractivity contribution in [3.05, 3.63) is 95.1 Å². The van der Waals surface area contributed by atoms with Crippen molar-refractivity contribution in [2.24, 2.45) is 0 Å². The molecule has 0 unspecified atom stereocenters. The number of aryl methyl sites for hydroxylation is 1. The van der Waals surface area contributed by atoms with Crippen LogP contribution in [-0.2, 0) is 16.1 Å². The minimum Gasteiger partial charge on any atom is -0.475 e. The number of nitrogens with zero attached hydrogens (tertiary/aromatic N) is 2. The highest BCUT2D eigenvalue weighted by molar-refractivity contribution is 7.80. The van der Waals surface area contributed by atoms with Gasteiger partial charge in [-0.05, 0) is 61.1 Å². The molecule has 0 saturated carbocycles. The Bertz CT molecular complexity index is 1560. The molecule has 0 radical (unpaired) electrons. The second kappa shape index (κ2) is 8.69. The van der Waals surface area contributed by atoms with Gasteiger partial charge in [0, 0.05) is 22.7 Å². The fourth-order valence-electron chi connectivity index (χ4n) is 4.08. The molecule has 0 atom stereocenters. The number of rotatable bonds is 5. The Balaban J connectivity index is 1.55. The van der Waals surface area contributed by atoms with Gasteiger partial charge in [0.2, 0.25) is 5.76 Å². The van der Waals surface area contributed by atoms with Gasteiger partial charge in [-0.2, -0.15) is 0 Å². The second-order valence-corrected chi connectivity index (χ2v) is 8.48. The summed E-state index contributed by atoms with van der Waals surface area (Å²) in [7, 11) is 0. The predicted molar refractivity (Wildman–Crippen MR) is 134 cm³/mol. The first kappa shape index (κ1) is 22.3. The molecule has 174 valence electrons. The number of amides is 2. The number of furan rings is 1. The average Bonchev–Trinajstić information content (AvgIpc) is 3.42. The van der Waals surface area contributed by atoms with Crippen LogP contribution in [0.5, 0.6) is 0 Å². The second-order valence-electron chi connectivity index (χ2n) is 8.10. The van der Waals surface area contributed by atoms with E-state index in [2.05, 4.69) is 5.32 Å². The molecular formula is C26H19N3O5S. The lowest BCUT2D eigenvalue weighted by molar-refractivity contribution is -0.122. The number of para-hydroxylation sites is 1. The molecule has 9 heteroatoms. The van der Waals surface area contributed by atoms with Gasteiger partial charge in [-0.25, -0.2) is 4.79 Å². The number of benzene rings is 2. The van der Waals surface area contributed by atoms with Crippen LogP contribution in [0.25, 0.3) is 17.0 Å². The maximum Gasteiger partial charge on any atom is 0.371 e. The minimum absolute atomic E-state index is 0.0252. The number of hydrogen-bond donors (Lipinski definition) is 2. The van der Waals surface area contributed by atoms with Crippen molar-refractivity contribution >= 4 is 57.8 Å². The summed E-state index contributed by atoms with van der Waals surface area (Å²) in [6.45, 7) is 2.18. The molecule has 2 aromatic carbocycles. The Morgan fingerprint density at radius 3 is 2.66 bits per heavy atom. The van der Waals surface area contributed by atoms with Crippen LogP contribution in [0.15, 0.2) is 76.9 Å². The van der Waals surface area contributed by atoms with E-state index >= 15 is 0 Å². The molecule has 5 rings (SSSR count). The topological polar surface area (TPSA) is 105 Å². The summed E-state index contributed by atoms with van der Waals surface area (Å²) in [5.74, 6) is -1.91. The van der Waals surface area contributed by atoms with E-state index < -0.39 is 17.8 Å². The lowest BCUT2D eigenvalue weighted by Gasteiger charge is -2.29. The third-order valence-corrected chi connectivity index (χ3v) is 5.96. The predicted octanol–water partition coefficient (Wildman–Crippen LogP) is 4.12. The van der Waals surface area contributed by atoms with Crippen LogP contribution in [0.4, 0.5) is 5.69 Å². The number of fused-ring (bicyclic) bond motifs is 1. The summed E-state index contributed by atoms with van der Waals surface area (Å²) >= 11 is 5.29. The summed E-state index contributed by atoms with van der Waals surface area (Å²) in [6, 6.07) is 17.8. The van der Waals surface area contributed by atoms with Crippen LogP contribution in [-0.4, -0.2) is 32.6 Å². The van der Waals surface area contributed by atoms with E-state index in [1.807, 2.05) is 54.0 Å². The maximum absolute atomic E-state index is 13.4. The number of carboxylic acids is 1. The van der Waals surface area contributed by atoms with Gasteiger partial charge in [-0.15, -0.1) is 0 Å². The first-order valence-electron chi connectivity index (χ1n) is 10.7. The lowest BCUT2D eigenvalue weighted by Crippen LogP contribution is -2.54. The maximum atomic E-state index is 13.4. The van der Waals surface area contributed by atoms with Gasteiger partial charge >= 0.3 is 5.97 Å². The van der Waals surface area contributed by atoms with Gasteiger partial charge in [0.05, 0.1) is 12.2 Å². The number of nitrogens with one attached hydrogen (secondary N) is 1. The zero-order valence-corrected chi connectivity index (χ0v) is 19.3. The standard InChI is InChI=1S/C26H19N3O5S/c1-15-5-4-6-17(11-15)29-24(31)20(23(30)27-26(29)35)12-16-13-28(21-8-3-2-7-19(16)21)14-18-9-10-22(34-18)25(32)33/h2-13H,14H2,1H3,(H,32,33)(H,27,30,35)/b20-12+. The molecule has 1 aliphatic heterocycles. The van der Waals surface area contributed by atoms with Crippen molar-refractivity contribution in [1.82, 2.24) is 9.88 Å². The highest BCUT2D eigenvalue weighted by atomic mass is 32.1.